The second-order valence-electron chi connectivity index (χ2n) is 6.78. The lowest BCUT2D eigenvalue weighted by atomic mass is 10.1. The fourth-order valence-corrected chi connectivity index (χ4v) is 4.81. The van der Waals surface area contributed by atoms with Gasteiger partial charge in [-0.25, -0.2) is 4.98 Å². The Labute approximate surface area is 186 Å². The van der Waals surface area contributed by atoms with Crippen molar-refractivity contribution in [3.63, 3.8) is 0 Å². The SMILES string of the molecule is Cc1ccc(C)c(NC(=O)CSc2nc3ccsc3c(=O)n2-c2ccccc2Cl)c1. The quantitative estimate of drug-likeness (QED) is 0.321. The zero-order chi connectivity index (χ0) is 21.3. The fourth-order valence-electron chi connectivity index (χ4n) is 3.02. The van der Waals surface area contributed by atoms with Gasteiger partial charge in [-0.1, -0.05) is 47.6 Å². The van der Waals surface area contributed by atoms with E-state index in [1.165, 1.54) is 27.7 Å². The molecule has 0 saturated heterocycles. The number of amides is 1. The molecule has 0 fully saturated rings. The maximum Gasteiger partial charge on any atom is 0.276 e. The van der Waals surface area contributed by atoms with E-state index in [9.17, 15) is 9.59 Å². The third-order valence-electron chi connectivity index (χ3n) is 4.54. The average molecular weight is 456 g/mol. The number of benzene rings is 2. The number of aryl methyl sites for hydroxylation is 2. The Bertz CT molecular complexity index is 1310. The summed E-state index contributed by atoms with van der Waals surface area (Å²) in [6.07, 6.45) is 0. The van der Waals surface area contributed by atoms with Crippen molar-refractivity contribution in [2.45, 2.75) is 19.0 Å². The van der Waals surface area contributed by atoms with Gasteiger partial charge in [0.15, 0.2) is 5.16 Å². The highest BCUT2D eigenvalue weighted by Crippen LogP contribution is 2.27. The number of thiophene rings is 1. The van der Waals surface area contributed by atoms with Crippen molar-refractivity contribution in [2.24, 2.45) is 0 Å². The molecule has 0 radical (unpaired) electrons. The molecule has 2 aromatic carbocycles. The van der Waals surface area contributed by atoms with Gasteiger partial charge in [-0.3, -0.25) is 14.2 Å². The van der Waals surface area contributed by atoms with E-state index < -0.39 is 0 Å². The van der Waals surface area contributed by atoms with Gasteiger partial charge in [0.05, 0.1) is 22.0 Å². The van der Waals surface area contributed by atoms with Gasteiger partial charge in [-0.05, 0) is 54.6 Å². The number of hydrogen-bond donors (Lipinski definition) is 1. The van der Waals surface area contributed by atoms with Gasteiger partial charge in [0.25, 0.3) is 5.56 Å². The molecular formula is C22H18ClN3O2S2. The summed E-state index contributed by atoms with van der Waals surface area (Å²) in [5, 5.41) is 5.64. The van der Waals surface area contributed by atoms with Gasteiger partial charge in [-0.15, -0.1) is 11.3 Å². The first-order valence-corrected chi connectivity index (χ1v) is 11.4. The molecule has 1 amide bonds. The van der Waals surface area contributed by atoms with Crippen molar-refractivity contribution in [1.82, 2.24) is 9.55 Å². The largest absolute Gasteiger partial charge is 0.325 e. The van der Waals surface area contributed by atoms with E-state index in [1.807, 2.05) is 43.5 Å². The number of nitrogens with zero attached hydrogens (tertiary/aromatic N) is 2. The molecule has 2 heterocycles. The number of rotatable bonds is 5. The third-order valence-corrected chi connectivity index (χ3v) is 6.69. The Hall–Kier alpha value is -2.61. The predicted octanol–water partition coefficient (Wildman–Crippen LogP) is 5.45. The maximum absolute atomic E-state index is 13.1. The summed E-state index contributed by atoms with van der Waals surface area (Å²) in [6.45, 7) is 3.93. The monoisotopic (exact) mass is 455 g/mol. The number of carbonyl (C=O) groups is 1. The molecule has 0 aliphatic heterocycles. The Kier molecular flexibility index (Phi) is 5.94. The van der Waals surface area contributed by atoms with Crippen molar-refractivity contribution < 1.29 is 4.79 Å². The molecule has 4 rings (SSSR count). The van der Waals surface area contributed by atoms with Crippen LogP contribution in [0.3, 0.4) is 0 Å². The normalized spacial score (nSPS) is 11.0. The Balaban J connectivity index is 1.66. The van der Waals surface area contributed by atoms with E-state index in [-0.39, 0.29) is 17.2 Å². The van der Waals surface area contributed by atoms with Crippen LogP contribution in [0.5, 0.6) is 0 Å². The predicted molar refractivity (Wildman–Crippen MR) is 125 cm³/mol. The lowest BCUT2D eigenvalue weighted by molar-refractivity contribution is -0.113. The molecule has 0 saturated carbocycles. The fraction of sp³-hybridized carbons (Fsp3) is 0.136. The molecule has 4 aromatic rings. The summed E-state index contributed by atoms with van der Waals surface area (Å²) in [5.74, 6) is -0.0565. The molecule has 2 aromatic heterocycles. The van der Waals surface area contributed by atoms with E-state index in [0.29, 0.717) is 26.1 Å². The number of carbonyl (C=O) groups excluding carboxylic acids is 1. The van der Waals surface area contributed by atoms with Crippen LogP contribution >= 0.6 is 34.7 Å². The summed E-state index contributed by atoms with van der Waals surface area (Å²) in [7, 11) is 0. The molecule has 0 bridgehead atoms. The number of para-hydroxylation sites is 1. The smallest absolute Gasteiger partial charge is 0.276 e. The van der Waals surface area contributed by atoms with E-state index in [1.54, 1.807) is 24.3 Å². The number of aromatic nitrogens is 2. The van der Waals surface area contributed by atoms with Crippen LogP contribution in [0.1, 0.15) is 11.1 Å². The minimum atomic E-state index is -0.194. The van der Waals surface area contributed by atoms with Gasteiger partial charge >= 0.3 is 0 Å². The van der Waals surface area contributed by atoms with Crippen molar-refractivity contribution in [2.75, 3.05) is 11.1 Å². The molecule has 8 heteroatoms. The Morgan fingerprint density at radius 3 is 2.80 bits per heavy atom. The van der Waals surface area contributed by atoms with Crippen LogP contribution in [0.4, 0.5) is 5.69 Å². The van der Waals surface area contributed by atoms with Crippen LogP contribution in [-0.4, -0.2) is 21.2 Å². The van der Waals surface area contributed by atoms with E-state index in [4.69, 9.17) is 11.6 Å². The summed E-state index contributed by atoms with van der Waals surface area (Å²) in [4.78, 5) is 30.4. The van der Waals surface area contributed by atoms with Crippen LogP contribution < -0.4 is 10.9 Å². The van der Waals surface area contributed by atoms with Crippen LogP contribution in [0.15, 0.2) is 63.9 Å². The molecule has 0 unspecified atom stereocenters. The molecule has 0 aliphatic rings. The highest BCUT2D eigenvalue weighted by atomic mass is 35.5. The number of fused-ring (bicyclic) bond motifs is 1. The van der Waals surface area contributed by atoms with Gasteiger partial charge in [0.2, 0.25) is 5.91 Å². The second kappa shape index (κ2) is 8.63. The van der Waals surface area contributed by atoms with Gasteiger partial charge in [-0.2, -0.15) is 0 Å². The lowest BCUT2D eigenvalue weighted by Crippen LogP contribution is -2.22. The standard InChI is InChI=1S/C22H18ClN3O2S2/c1-13-7-8-14(2)17(11-13)24-19(27)12-30-22-25-16-9-10-29-20(16)21(28)26(22)18-6-4-3-5-15(18)23/h3-11H,12H2,1-2H3,(H,24,27). The molecule has 0 aliphatic carbocycles. The average Bonchev–Trinajstić information content (AvgIpc) is 3.19. The summed E-state index contributed by atoms with van der Waals surface area (Å²) in [6, 6.07) is 14.8. The Morgan fingerprint density at radius 2 is 2.00 bits per heavy atom. The molecular weight excluding hydrogens is 438 g/mol. The van der Waals surface area contributed by atoms with Crippen LogP contribution in [-0.2, 0) is 4.79 Å². The summed E-state index contributed by atoms with van der Waals surface area (Å²) in [5.41, 5.74) is 3.81. The van der Waals surface area contributed by atoms with Gasteiger partial charge in [0.1, 0.15) is 4.70 Å². The molecule has 152 valence electrons. The highest BCUT2D eigenvalue weighted by molar-refractivity contribution is 7.99. The Morgan fingerprint density at radius 1 is 1.20 bits per heavy atom. The maximum atomic E-state index is 13.1. The first-order valence-electron chi connectivity index (χ1n) is 9.19. The minimum absolute atomic E-state index is 0.111. The molecule has 30 heavy (non-hydrogen) atoms. The summed E-state index contributed by atoms with van der Waals surface area (Å²) < 4.78 is 2.04. The number of halogens is 1. The van der Waals surface area contributed by atoms with Crippen molar-refractivity contribution in [1.29, 1.82) is 0 Å². The van der Waals surface area contributed by atoms with Crippen LogP contribution in [0, 0.1) is 13.8 Å². The van der Waals surface area contributed by atoms with E-state index >= 15 is 0 Å². The molecule has 1 N–H and O–H groups in total. The first-order chi connectivity index (χ1) is 14.4. The van der Waals surface area contributed by atoms with E-state index in [2.05, 4.69) is 10.3 Å². The van der Waals surface area contributed by atoms with Crippen molar-refractivity contribution >= 4 is 56.5 Å². The lowest BCUT2D eigenvalue weighted by Gasteiger charge is -2.13. The topological polar surface area (TPSA) is 64.0 Å². The van der Waals surface area contributed by atoms with Crippen molar-refractivity contribution in [3.8, 4) is 5.69 Å². The third kappa shape index (κ3) is 4.14. The summed E-state index contributed by atoms with van der Waals surface area (Å²) >= 11 is 8.90. The van der Waals surface area contributed by atoms with Crippen LogP contribution in [0.25, 0.3) is 15.9 Å². The minimum Gasteiger partial charge on any atom is -0.325 e. The van der Waals surface area contributed by atoms with E-state index in [0.717, 1.165) is 16.8 Å². The number of anilines is 1. The highest BCUT2D eigenvalue weighted by Gasteiger charge is 2.17. The number of hydrogen-bond acceptors (Lipinski definition) is 5. The van der Waals surface area contributed by atoms with Crippen LogP contribution in [0.2, 0.25) is 5.02 Å². The van der Waals surface area contributed by atoms with Gasteiger partial charge in [0, 0.05) is 5.69 Å². The molecule has 0 atom stereocenters. The molecule has 0 spiro atoms. The number of thioether (sulfide) groups is 1. The number of nitrogens with one attached hydrogen (secondary N) is 1. The zero-order valence-corrected chi connectivity index (χ0v) is 18.7. The second-order valence-corrected chi connectivity index (χ2v) is 9.04. The van der Waals surface area contributed by atoms with Crippen molar-refractivity contribution in [3.05, 3.63) is 80.4 Å². The first kappa shape index (κ1) is 20.7. The van der Waals surface area contributed by atoms with Gasteiger partial charge < -0.3 is 5.32 Å². The molecule has 5 nitrogen and oxygen atoms in total. The zero-order valence-electron chi connectivity index (χ0n) is 16.3.